The molecule has 0 saturated carbocycles. The Labute approximate surface area is 652 Å². The van der Waals surface area contributed by atoms with E-state index in [1.807, 2.05) is 116 Å². The molecular formula is C89H95N13O10. The number of amides is 7. The van der Waals surface area contributed by atoms with Gasteiger partial charge in [0.2, 0.25) is 5.91 Å². The van der Waals surface area contributed by atoms with Crippen molar-refractivity contribution in [3.05, 3.63) is 272 Å². The summed E-state index contributed by atoms with van der Waals surface area (Å²) in [6.45, 7) is 16.7. The van der Waals surface area contributed by atoms with Crippen LogP contribution in [0.4, 0.5) is 31.4 Å². The number of benzene rings is 7. The molecule has 0 saturated heterocycles. The van der Waals surface area contributed by atoms with Gasteiger partial charge >= 0.3 is 18.3 Å². The van der Waals surface area contributed by atoms with E-state index in [2.05, 4.69) is 95.2 Å². The number of rotatable bonds is 23. The number of pyridine rings is 2. The average molecular weight is 1510 g/mol. The standard InChI is InChI=1S/C56H62N8O7.C33H33N5O3/c1-6-25-64(26-7-2)53(67)40-28-38-20-21-39(30-49(38)61-50(31-40)62-55(69)71-56(3,4)5)52(66)60-42-29-41-34-63(27-22-48(41)59-32-42)33-36-16-18-37(19-17-36)51(65)57-23-24-58-54(68)70-35-47-45-14-10-8-12-43(45)44-13-9-11-15-46(44)47;34-25-17-24-20-38(16-13-31(24)37-18-25)19-22-9-11-23(12-10-22)32(39)35-14-15-36-33(40)41-21-30-28-7-3-1-5-26(28)27-6-2-4-8-29(27)30/h8-21,28-30,32,47H,6-7,22-27,31,33-35H2,1-5H3,(H,57,65)(H,58,68)(H,60,66)(H,61,62,69);1-12,17-18,30H,13-16,19-21,34H2,(H,35,39)(H,36,40). The molecule has 5 aliphatic rings. The highest BCUT2D eigenvalue weighted by atomic mass is 16.6. The molecule has 0 fully saturated rings. The first-order valence-corrected chi connectivity index (χ1v) is 38.4. The molecule has 14 rings (SSSR count). The molecule has 9 aromatic rings. The Morgan fingerprint density at radius 2 is 0.973 bits per heavy atom. The lowest BCUT2D eigenvalue weighted by molar-refractivity contribution is -0.127. The third kappa shape index (κ3) is 19.6. The highest BCUT2D eigenvalue weighted by Crippen LogP contribution is 2.46. The maximum Gasteiger partial charge on any atom is 0.413 e. The number of hydrogen-bond acceptors (Lipinski definition) is 16. The number of hydrogen-bond donors (Lipinski definition) is 7. The summed E-state index contributed by atoms with van der Waals surface area (Å²) in [6.07, 6.45) is 6.78. The molecule has 8 N–H and O–H groups in total. The van der Waals surface area contributed by atoms with Crippen LogP contribution in [0.15, 0.2) is 199 Å². The molecule has 2 aliphatic carbocycles. The topological polar surface area (TPSA) is 293 Å². The van der Waals surface area contributed by atoms with Crippen LogP contribution in [0.1, 0.15) is 158 Å². The molecule has 0 unspecified atom stereocenters. The number of carbonyl (C=O) groups is 7. The number of amidine groups is 1. The second-order valence-corrected chi connectivity index (χ2v) is 29.6. The Morgan fingerprint density at radius 1 is 0.518 bits per heavy atom. The third-order valence-corrected chi connectivity index (χ3v) is 20.2. The maximum atomic E-state index is 13.8. The van der Waals surface area contributed by atoms with E-state index < -0.39 is 23.9 Å². The highest BCUT2D eigenvalue weighted by molar-refractivity contribution is 6.10. The molecule has 0 bridgehead atoms. The summed E-state index contributed by atoms with van der Waals surface area (Å²) in [7, 11) is 0. The number of aromatic nitrogens is 2. The maximum absolute atomic E-state index is 13.8. The Kier molecular flexibility index (Phi) is 25.0. The van der Waals surface area contributed by atoms with Gasteiger partial charge in [-0.15, -0.1) is 0 Å². The molecule has 2 aromatic heterocycles. The van der Waals surface area contributed by atoms with Gasteiger partial charge in [-0.05, 0) is 155 Å². The molecule has 23 nitrogen and oxygen atoms in total. The summed E-state index contributed by atoms with van der Waals surface area (Å²) in [5.74, 6) is -0.695. The van der Waals surface area contributed by atoms with Gasteiger partial charge in [-0.2, -0.15) is 0 Å². The molecule has 112 heavy (non-hydrogen) atoms. The van der Waals surface area contributed by atoms with Crippen molar-refractivity contribution in [1.29, 1.82) is 0 Å². The quantitative estimate of drug-likeness (QED) is 0.0231. The van der Waals surface area contributed by atoms with Crippen LogP contribution in [-0.2, 0) is 58.0 Å². The molecule has 7 amide bonds. The van der Waals surface area contributed by atoms with Crippen LogP contribution >= 0.6 is 0 Å². The summed E-state index contributed by atoms with van der Waals surface area (Å²) in [5, 5.41) is 16.9. The number of fused-ring (bicyclic) bond motifs is 9. The summed E-state index contributed by atoms with van der Waals surface area (Å²) >= 11 is 0. The van der Waals surface area contributed by atoms with Gasteiger partial charge in [-0.1, -0.05) is 141 Å². The Morgan fingerprint density at radius 3 is 1.46 bits per heavy atom. The first kappa shape index (κ1) is 77.8. The van der Waals surface area contributed by atoms with Crippen molar-refractivity contribution in [2.24, 2.45) is 4.99 Å². The molecule has 3 aliphatic heterocycles. The number of alkyl carbamates (subject to hydrolysis) is 3. The zero-order valence-corrected chi connectivity index (χ0v) is 63.9. The van der Waals surface area contributed by atoms with Crippen LogP contribution in [0.25, 0.3) is 28.3 Å². The first-order chi connectivity index (χ1) is 54.3. The summed E-state index contributed by atoms with van der Waals surface area (Å²) < 4.78 is 16.7. The minimum absolute atomic E-state index is 0.0114. The predicted octanol–water partition coefficient (Wildman–Crippen LogP) is 13.6. The van der Waals surface area contributed by atoms with Gasteiger partial charge in [0, 0.05) is 149 Å². The van der Waals surface area contributed by atoms with Crippen molar-refractivity contribution in [1.82, 2.24) is 51.3 Å². The van der Waals surface area contributed by atoms with Gasteiger partial charge in [0.25, 0.3) is 17.7 Å². The second kappa shape index (κ2) is 36.0. The summed E-state index contributed by atoms with van der Waals surface area (Å²) in [4.78, 5) is 111. The summed E-state index contributed by atoms with van der Waals surface area (Å²) in [6, 6.07) is 57.0. The molecule has 7 aromatic carbocycles. The minimum Gasteiger partial charge on any atom is -0.449 e. The van der Waals surface area contributed by atoms with Crippen LogP contribution in [0.3, 0.4) is 0 Å². The van der Waals surface area contributed by atoms with E-state index >= 15 is 0 Å². The lowest BCUT2D eigenvalue weighted by Gasteiger charge is -2.28. The van der Waals surface area contributed by atoms with E-state index in [1.165, 1.54) is 27.8 Å². The molecule has 23 heteroatoms. The molecule has 0 spiro atoms. The summed E-state index contributed by atoms with van der Waals surface area (Å²) in [5.41, 5.74) is 25.2. The predicted molar refractivity (Wildman–Crippen MR) is 433 cm³/mol. The molecular weight excluding hydrogens is 1410 g/mol. The van der Waals surface area contributed by atoms with Gasteiger partial charge in [0.05, 0.1) is 29.5 Å². The fraction of sp³-hybridized carbons (Fsp3) is 0.303. The van der Waals surface area contributed by atoms with E-state index in [0.29, 0.717) is 77.6 Å². The minimum atomic E-state index is -0.745. The molecule has 0 atom stereocenters. The number of ether oxygens (including phenoxy) is 3. The van der Waals surface area contributed by atoms with Crippen LogP contribution in [0.2, 0.25) is 0 Å². The zero-order chi connectivity index (χ0) is 78.3. The van der Waals surface area contributed by atoms with Crippen molar-refractivity contribution in [2.75, 3.05) is 76.6 Å². The molecule has 576 valence electrons. The fourth-order valence-electron chi connectivity index (χ4n) is 14.9. The lowest BCUT2D eigenvalue weighted by atomic mass is 9.98. The van der Waals surface area contributed by atoms with Crippen LogP contribution in [0.5, 0.6) is 0 Å². The van der Waals surface area contributed by atoms with Crippen molar-refractivity contribution in [2.45, 2.75) is 110 Å². The lowest BCUT2D eigenvalue weighted by Crippen LogP contribution is -2.38. The van der Waals surface area contributed by atoms with Crippen LogP contribution < -0.4 is 37.6 Å². The molecule has 0 radical (unpaired) electrons. The van der Waals surface area contributed by atoms with E-state index in [9.17, 15) is 33.6 Å². The second-order valence-electron chi connectivity index (χ2n) is 29.6. The smallest absolute Gasteiger partial charge is 0.413 e. The average Bonchev–Trinajstić information content (AvgIpc) is 1.62. The van der Waals surface area contributed by atoms with Gasteiger partial charge in [0.15, 0.2) is 0 Å². The van der Waals surface area contributed by atoms with Crippen molar-refractivity contribution in [3.63, 3.8) is 0 Å². The number of nitrogens with zero attached hydrogens (tertiary/aromatic N) is 6. The third-order valence-electron chi connectivity index (χ3n) is 20.2. The fourth-order valence-corrected chi connectivity index (χ4v) is 14.9. The Bertz CT molecular complexity index is 4940. The van der Waals surface area contributed by atoms with Gasteiger partial charge in [-0.3, -0.25) is 44.3 Å². The number of nitrogen functional groups attached to an aromatic ring is 1. The van der Waals surface area contributed by atoms with Crippen molar-refractivity contribution in [3.8, 4) is 22.3 Å². The van der Waals surface area contributed by atoms with E-state index in [1.54, 1.807) is 69.6 Å². The van der Waals surface area contributed by atoms with Crippen molar-refractivity contribution >= 4 is 70.9 Å². The SMILES string of the molecule is CCCN(CCC)C(=O)C1=Cc2ccc(C(=O)Nc3cnc4c(c3)CN(Cc3ccc(C(=O)NCCNC(=O)OCC5c6ccccc6-c6ccccc65)cc3)CC4)cc2N=C(NC(=O)OC(C)(C)C)C1.Nc1cnc2c(c1)CN(Cc1ccc(C(=O)NCCNC(=O)OCC3c4ccccc4-c4ccccc43)cc1)CC2. The van der Waals surface area contributed by atoms with Crippen molar-refractivity contribution < 1.29 is 47.8 Å². The Hall–Kier alpha value is -12.3. The Balaban J connectivity index is 0.000000226. The number of anilines is 2. The van der Waals surface area contributed by atoms with E-state index in [4.69, 9.17) is 29.9 Å². The number of nitrogens with one attached hydrogen (secondary N) is 6. The normalized spacial score (nSPS) is 14.0. The van der Waals surface area contributed by atoms with E-state index in [0.717, 1.165) is 102 Å². The van der Waals surface area contributed by atoms with Gasteiger partial charge < -0.3 is 51.4 Å². The molecule has 5 heterocycles. The van der Waals surface area contributed by atoms with E-state index in [-0.39, 0.29) is 80.6 Å². The number of carbonyl (C=O) groups excluding carboxylic acids is 7. The zero-order valence-electron chi connectivity index (χ0n) is 63.9. The van der Waals surface area contributed by atoms with Gasteiger partial charge in [-0.25, -0.2) is 19.4 Å². The highest BCUT2D eigenvalue weighted by Gasteiger charge is 2.32. The number of nitrogens with two attached hydrogens (primary N) is 1. The first-order valence-electron chi connectivity index (χ1n) is 38.4. The largest absolute Gasteiger partial charge is 0.449 e. The monoisotopic (exact) mass is 1510 g/mol. The van der Waals surface area contributed by atoms with Gasteiger partial charge in [0.1, 0.15) is 24.7 Å². The number of aliphatic imine (C=N–C) groups is 1. The van der Waals surface area contributed by atoms with Crippen LogP contribution in [0, 0.1) is 0 Å². The van der Waals surface area contributed by atoms with Crippen LogP contribution in [-0.4, -0.2) is 144 Å².